The molecule has 0 spiro atoms. The first kappa shape index (κ1) is 51.9. The number of aliphatic hydroxyl groups is 2. The van der Waals surface area contributed by atoms with E-state index < -0.39 is 84.6 Å². The third kappa shape index (κ3) is 17.0. The smallest absolute Gasteiger partial charge is 0.386 e. The first-order chi connectivity index (χ1) is 27.9. The van der Waals surface area contributed by atoms with Gasteiger partial charge in [0.15, 0.2) is 22.8 Å². The fraction of sp³-hybridized carbons (Fsp3) is 0.750. The molecule has 8 unspecified atom stereocenters. The predicted molar refractivity (Wildman–Crippen MR) is 214 cm³/mol. The summed E-state index contributed by atoms with van der Waals surface area (Å²) in [7, 11) is -16.4. The zero-order chi connectivity index (χ0) is 44.9. The maximum atomic E-state index is 12.7. The number of ether oxygens (including phenoxy) is 1. The van der Waals surface area contributed by atoms with E-state index in [2.05, 4.69) is 48.3 Å². The second-order valence-corrected chi connectivity index (χ2v) is 20.1. The number of phosphoric acid groups is 3. The molecule has 1 saturated heterocycles. The number of amides is 2. The van der Waals surface area contributed by atoms with Crippen LogP contribution in [0.15, 0.2) is 12.7 Å². The Kier molecular flexibility index (Phi) is 20.2. The Bertz CT molecular complexity index is 1890. The number of aliphatic hydroxyl groups excluding tert-OH is 2. The summed E-state index contributed by atoms with van der Waals surface area (Å²) in [5, 5.41) is 26.6. The number of carbonyl (C=O) groups excluding carboxylic acids is 3. The van der Waals surface area contributed by atoms with Crippen LogP contribution in [0.4, 0.5) is 5.82 Å². The van der Waals surface area contributed by atoms with Gasteiger partial charge in [-0.1, -0.05) is 71.6 Å². The SMILES string of the molecule is CCC(C)CCCCCCC(=O)SCCNC(=O)CCNC(=O)C(O)C(C)(C)COP(=O)(O)OP(=O)(O)OCC1OC(n2cnc3c(N)ncnc32)C(O)C1OP(=O)(O)O. The molecule has 0 bridgehead atoms. The van der Waals surface area contributed by atoms with Gasteiger partial charge in [0.1, 0.15) is 36.3 Å². The quantitative estimate of drug-likeness (QED) is 0.0457. The molecule has 342 valence electrons. The van der Waals surface area contributed by atoms with Crippen LogP contribution in [0, 0.1) is 11.3 Å². The zero-order valence-electron chi connectivity index (χ0n) is 33.6. The van der Waals surface area contributed by atoms with E-state index >= 15 is 0 Å². The Morgan fingerprint density at radius 2 is 1.68 bits per heavy atom. The molecule has 8 atom stereocenters. The largest absolute Gasteiger partial charge is 0.481 e. The summed E-state index contributed by atoms with van der Waals surface area (Å²) in [4.78, 5) is 87.9. The number of nitrogens with one attached hydrogen (secondary N) is 2. The molecular weight excluding hydrogens is 879 g/mol. The lowest BCUT2D eigenvalue weighted by Crippen LogP contribution is -2.46. The second-order valence-electron chi connectivity index (χ2n) is 14.8. The van der Waals surface area contributed by atoms with Crippen molar-refractivity contribution in [1.29, 1.82) is 0 Å². The van der Waals surface area contributed by atoms with Crippen LogP contribution in [0.25, 0.3) is 11.2 Å². The lowest BCUT2D eigenvalue weighted by atomic mass is 9.87. The average Bonchev–Trinajstić information content (AvgIpc) is 3.72. The van der Waals surface area contributed by atoms with Gasteiger partial charge < -0.3 is 50.9 Å². The first-order valence-corrected chi connectivity index (χ1v) is 24.5. The number of imidazole rings is 1. The number of rotatable bonds is 27. The summed E-state index contributed by atoms with van der Waals surface area (Å²) in [6, 6.07) is 0. The summed E-state index contributed by atoms with van der Waals surface area (Å²) >= 11 is 1.14. The molecule has 2 aromatic heterocycles. The van der Waals surface area contributed by atoms with Gasteiger partial charge in [0.05, 0.1) is 19.5 Å². The highest BCUT2D eigenvalue weighted by molar-refractivity contribution is 8.13. The van der Waals surface area contributed by atoms with E-state index in [4.69, 9.17) is 19.5 Å². The normalized spacial score (nSPS) is 21.6. The fourth-order valence-electron chi connectivity index (χ4n) is 5.69. The summed E-state index contributed by atoms with van der Waals surface area (Å²) in [5.74, 6) is -0.312. The zero-order valence-corrected chi connectivity index (χ0v) is 37.1. The lowest BCUT2D eigenvalue weighted by Gasteiger charge is -2.30. The number of hydrogen-bond acceptors (Lipinski definition) is 18. The Morgan fingerprint density at radius 1 is 1.00 bits per heavy atom. The van der Waals surface area contributed by atoms with Crippen LogP contribution in [0.5, 0.6) is 0 Å². The third-order valence-corrected chi connectivity index (χ3v) is 13.3. The lowest BCUT2D eigenvalue weighted by molar-refractivity contribution is -0.137. The molecule has 3 rings (SSSR count). The van der Waals surface area contributed by atoms with Gasteiger partial charge in [-0.25, -0.2) is 28.6 Å². The number of anilines is 1. The molecule has 0 aliphatic carbocycles. The molecule has 0 aromatic carbocycles. The standard InChI is InChI=1S/C32H56N7O17P3S/c1-5-20(2)10-8-6-7-9-11-23(41)60-15-14-34-22(40)12-13-35-30(44)27(43)32(3,4)17-53-59(50,51)56-58(48,49)52-16-21-26(55-57(45,46)47)25(42)31(54-21)39-19-38-24-28(33)36-18-37-29(24)39/h18-21,25-27,31,42-43H,5-17H2,1-4H3,(H,34,40)(H,35,44)(H,48,49)(H,50,51)(H2,33,36,37)(H2,45,46,47). The molecule has 1 aliphatic rings. The minimum absolute atomic E-state index is 0.0327. The summed E-state index contributed by atoms with van der Waals surface area (Å²) < 4.78 is 62.3. The molecule has 1 aliphatic heterocycles. The number of unbranched alkanes of at least 4 members (excludes halogenated alkanes) is 3. The van der Waals surface area contributed by atoms with Crippen molar-refractivity contribution in [3.63, 3.8) is 0 Å². The van der Waals surface area contributed by atoms with E-state index in [1.54, 1.807) is 0 Å². The van der Waals surface area contributed by atoms with Crippen LogP contribution in [-0.2, 0) is 50.7 Å². The van der Waals surface area contributed by atoms with Gasteiger partial charge in [0.25, 0.3) is 0 Å². The minimum atomic E-state index is -5.57. The van der Waals surface area contributed by atoms with Crippen LogP contribution < -0.4 is 16.4 Å². The van der Waals surface area contributed by atoms with E-state index in [1.807, 2.05) is 0 Å². The molecule has 0 saturated carbocycles. The van der Waals surface area contributed by atoms with E-state index in [0.29, 0.717) is 12.2 Å². The number of aromatic nitrogens is 4. The number of fused-ring (bicyclic) bond motifs is 1. The molecule has 2 amide bonds. The molecular formula is C32H56N7O17P3S. The summed E-state index contributed by atoms with van der Waals surface area (Å²) in [6.45, 7) is 4.98. The Labute approximate surface area is 350 Å². The maximum Gasteiger partial charge on any atom is 0.481 e. The number of carbonyl (C=O) groups is 3. The van der Waals surface area contributed by atoms with Crippen molar-refractivity contribution in [3.8, 4) is 0 Å². The molecule has 60 heavy (non-hydrogen) atoms. The van der Waals surface area contributed by atoms with Gasteiger partial charge >= 0.3 is 23.5 Å². The van der Waals surface area contributed by atoms with Gasteiger partial charge in [0, 0.05) is 37.1 Å². The van der Waals surface area contributed by atoms with Crippen molar-refractivity contribution in [2.24, 2.45) is 11.3 Å². The number of phosphoric ester groups is 3. The van der Waals surface area contributed by atoms with Crippen molar-refractivity contribution >= 4 is 69.1 Å². The van der Waals surface area contributed by atoms with Crippen LogP contribution in [0.3, 0.4) is 0 Å². The molecule has 2 aromatic rings. The fourth-order valence-corrected chi connectivity index (χ4v) is 9.24. The first-order valence-electron chi connectivity index (χ1n) is 19.0. The number of nitrogen functional groups attached to an aromatic ring is 1. The highest BCUT2D eigenvalue weighted by Gasteiger charge is 2.50. The van der Waals surface area contributed by atoms with Crippen molar-refractivity contribution in [2.45, 2.75) is 110 Å². The molecule has 1 fully saturated rings. The monoisotopic (exact) mass is 935 g/mol. The predicted octanol–water partition coefficient (Wildman–Crippen LogP) is 2.05. The highest BCUT2D eigenvalue weighted by Crippen LogP contribution is 2.61. The second kappa shape index (κ2) is 23.3. The van der Waals surface area contributed by atoms with Crippen molar-refractivity contribution in [1.82, 2.24) is 30.2 Å². The van der Waals surface area contributed by atoms with Gasteiger partial charge in [0.2, 0.25) is 11.8 Å². The van der Waals surface area contributed by atoms with Crippen LogP contribution in [-0.4, -0.2) is 123 Å². The average molecular weight is 936 g/mol. The molecule has 10 N–H and O–H groups in total. The van der Waals surface area contributed by atoms with E-state index in [9.17, 15) is 57.9 Å². The van der Waals surface area contributed by atoms with Crippen LogP contribution in [0.2, 0.25) is 0 Å². The summed E-state index contributed by atoms with van der Waals surface area (Å²) in [5.41, 5.74) is 4.28. The molecule has 24 nitrogen and oxygen atoms in total. The molecule has 28 heteroatoms. The van der Waals surface area contributed by atoms with Crippen molar-refractivity contribution in [3.05, 3.63) is 12.7 Å². The third-order valence-electron chi connectivity index (χ3n) is 9.29. The number of hydrogen-bond donors (Lipinski definition) is 9. The molecule has 0 radical (unpaired) electrons. The van der Waals surface area contributed by atoms with Crippen LogP contribution >= 0.6 is 35.2 Å². The Morgan fingerprint density at radius 3 is 2.37 bits per heavy atom. The van der Waals surface area contributed by atoms with Gasteiger partial charge in [-0.15, -0.1) is 0 Å². The van der Waals surface area contributed by atoms with Crippen molar-refractivity contribution in [2.75, 3.05) is 37.8 Å². The van der Waals surface area contributed by atoms with E-state index in [-0.39, 0.29) is 41.6 Å². The van der Waals surface area contributed by atoms with E-state index in [0.717, 1.165) is 60.6 Å². The number of nitrogens with zero attached hydrogens (tertiary/aromatic N) is 4. The minimum Gasteiger partial charge on any atom is -0.386 e. The summed E-state index contributed by atoms with van der Waals surface area (Å²) in [6.07, 6.45) is 0.0566. The number of thioether (sulfide) groups is 1. The molecule has 3 heterocycles. The number of nitrogens with two attached hydrogens (primary N) is 1. The van der Waals surface area contributed by atoms with Crippen LogP contribution in [0.1, 0.15) is 85.3 Å². The Balaban J connectivity index is 1.41. The van der Waals surface area contributed by atoms with Gasteiger partial charge in [-0.2, -0.15) is 4.31 Å². The van der Waals surface area contributed by atoms with E-state index in [1.165, 1.54) is 26.7 Å². The highest BCUT2D eigenvalue weighted by atomic mass is 32.2. The maximum absolute atomic E-state index is 12.7. The van der Waals surface area contributed by atoms with Gasteiger partial charge in [-0.3, -0.25) is 32.5 Å². The van der Waals surface area contributed by atoms with Crippen molar-refractivity contribution < 1.29 is 80.5 Å². The Hall–Kier alpha value is -2.44. The topological polar surface area (TPSA) is 364 Å². The van der Waals surface area contributed by atoms with Gasteiger partial charge in [-0.05, 0) is 12.3 Å².